The maximum atomic E-state index is 12.6. The largest absolute Gasteiger partial charge is 0.504 e. The molecule has 0 aliphatic carbocycles. The Bertz CT molecular complexity index is 363. The third kappa shape index (κ3) is 3.02. The van der Waals surface area contributed by atoms with E-state index in [9.17, 15) is 13.2 Å². The van der Waals surface area contributed by atoms with Gasteiger partial charge in [0.05, 0.1) is 18.9 Å². The number of hydrogen-bond acceptors (Lipinski definition) is 1. The summed E-state index contributed by atoms with van der Waals surface area (Å²) in [4.78, 5) is 0. The van der Waals surface area contributed by atoms with Gasteiger partial charge in [-0.1, -0.05) is 31.2 Å². The van der Waals surface area contributed by atoms with E-state index >= 15 is 0 Å². The minimum absolute atomic E-state index is 0.117. The van der Waals surface area contributed by atoms with Crippen molar-refractivity contribution >= 4 is 5.57 Å². The molecule has 0 saturated carbocycles. The molecule has 1 nitrogen and oxygen atoms in total. The monoisotopic (exact) mass is 230 g/mol. The first-order valence-corrected chi connectivity index (χ1v) is 4.88. The predicted molar refractivity (Wildman–Crippen MR) is 56.9 cm³/mol. The highest BCUT2D eigenvalue weighted by molar-refractivity contribution is 5.68. The van der Waals surface area contributed by atoms with Gasteiger partial charge < -0.3 is 4.74 Å². The van der Waals surface area contributed by atoms with Gasteiger partial charge in [-0.3, -0.25) is 0 Å². The zero-order chi connectivity index (χ0) is 12.2. The molecule has 1 aromatic carbocycles. The Morgan fingerprint density at radius 3 is 2.19 bits per heavy atom. The Kier molecular flexibility index (Phi) is 3.99. The Morgan fingerprint density at radius 1 is 1.25 bits per heavy atom. The van der Waals surface area contributed by atoms with Crippen molar-refractivity contribution in [1.82, 2.24) is 0 Å². The van der Waals surface area contributed by atoms with Crippen molar-refractivity contribution in [3.63, 3.8) is 0 Å². The molecule has 1 rings (SSSR count). The van der Waals surface area contributed by atoms with Crippen molar-refractivity contribution in [3.8, 4) is 0 Å². The molecule has 0 spiro atoms. The molecule has 16 heavy (non-hydrogen) atoms. The molecule has 0 saturated heterocycles. The van der Waals surface area contributed by atoms with Crippen molar-refractivity contribution in [3.05, 3.63) is 41.7 Å². The number of aryl methyl sites for hydroxylation is 1. The topological polar surface area (TPSA) is 9.23 Å². The lowest BCUT2D eigenvalue weighted by molar-refractivity contribution is -0.0701. The van der Waals surface area contributed by atoms with E-state index in [4.69, 9.17) is 0 Å². The van der Waals surface area contributed by atoms with Crippen LogP contribution in [0, 0.1) is 0 Å². The highest BCUT2D eigenvalue weighted by Crippen LogP contribution is 2.33. The minimum Gasteiger partial charge on any atom is -0.504 e. The van der Waals surface area contributed by atoms with Gasteiger partial charge in [-0.25, -0.2) is 0 Å². The summed E-state index contributed by atoms with van der Waals surface area (Å²) < 4.78 is 42.3. The van der Waals surface area contributed by atoms with E-state index in [0.29, 0.717) is 0 Å². The quantitative estimate of drug-likeness (QED) is 0.717. The smallest absolute Gasteiger partial charge is 0.419 e. The summed E-state index contributed by atoms with van der Waals surface area (Å²) in [6.07, 6.45) is -2.87. The van der Waals surface area contributed by atoms with Crippen LogP contribution in [-0.4, -0.2) is 13.3 Å². The van der Waals surface area contributed by atoms with Crippen LogP contribution in [0.4, 0.5) is 13.2 Å². The molecule has 0 N–H and O–H groups in total. The SMILES string of the molecule is CCc1ccc(C(=COC)C(F)(F)F)cc1. The molecule has 0 aliphatic rings. The number of hydrogen-bond donors (Lipinski definition) is 0. The maximum Gasteiger partial charge on any atom is 0.419 e. The average molecular weight is 230 g/mol. The number of benzene rings is 1. The van der Waals surface area contributed by atoms with Gasteiger partial charge in [-0.15, -0.1) is 0 Å². The van der Waals surface area contributed by atoms with Crippen molar-refractivity contribution in [2.75, 3.05) is 7.11 Å². The van der Waals surface area contributed by atoms with Crippen molar-refractivity contribution < 1.29 is 17.9 Å². The molecule has 0 bridgehead atoms. The number of halogens is 3. The molecule has 0 aromatic heterocycles. The summed E-state index contributed by atoms with van der Waals surface area (Å²) in [5.41, 5.74) is 0.354. The first-order valence-electron chi connectivity index (χ1n) is 4.88. The lowest BCUT2D eigenvalue weighted by atomic mass is 10.0. The Morgan fingerprint density at radius 2 is 1.81 bits per heavy atom. The van der Waals surface area contributed by atoms with Gasteiger partial charge in [0.25, 0.3) is 0 Å². The second-order valence-electron chi connectivity index (χ2n) is 3.32. The second kappa shape index (κ2) is 5.05. The van der Waals surface area contributed by atoms with Gasteiger partial charge in [0, 0.05) is 0 Å². The van der Waals surface area contributed by atoms with Crippen LogP contribution in [0.2, 0.25) is 0 Å². The van der Waals surface area contributed by atoms with E-state index in [0.717, 1.165) is 18.2 Å². The molecule has 4 heteroatoms. The predicted octanol–water partition coefficient (Wildman–Crippen LogP) is 3.80. The summed E-state index contributed by atoms with van der Waals surface area (Å²) in [6.45, 7) is 1.95. The lowest BCUT2D eigenvalue weighted by Gasteiger charge is -2.11. The molecule has 0 radical (unpaired) electrons. The summed E-state index contributed by atoms with van der Waals surface area (Å²) in [5.74, 6) is 0. The first-order chi connectivity index (χ1) is 7.49. The van der Waals surface area contributed by atoms with Crippen LogP contribution in [0.3, 0.4) is 0 Å². The van der Waals surface area contributed by atoms with Crippen molar-refractivity contribution in [2.45, 2.75) is 19.5 Å². The highest BCUT2D eigenvalue weighted by atomic mass is 19.4. The van der Waals surface area contributed by atoms with Crippen molar-refractivity contribution in [1.29, 1.82) is 0 Å². The lowest BCUT2D eigenvalue weighted by Crippen LogP contribution is -2.11. The number of alkyl halides is 3. The molecule has 0 fully saturated rings. The molecular formula is C12H13F3O. The molecule has 0 unspecified atom stereocenters. The van der Waals surface area contributed by atoms with Crippen molar-refractivity contribution in [2.24, 2.45) is 0 Å². The van der Waals surface area contributed by atoms with Gasteiger partial charge in [0.2, 0.25) is 0 Å². The molecule has 0 amide bonds. The number of rotatable bonds is 3. The van der Waals surface area contributed by atoms with Crippen LogP contribution in [0.1, 0.15) is 18.1 Å². The van der Waals surface area contributed by atoms with Crippen LogP contribution in [0.5, 0.6) is 0 Å². The summed E-state index contributed by atoms with van der Waals surface area (Å²) >= 11 is 0. The van der Waals surface area contributed by atoms with Crippen LogP contribution in [0.25, 0.3) is 5.57 Å². The fraction of sp³-hybridized carbons (Fsp3) is 0.333. The van der Waals surface area contributed by atoms with Gasteiger partial charge in [0.1, 0.15) is 0 Å². The zero-order valence-electron chi connectivity index (χ0n) is 9.14. The molecule has 0 aliphatic heterocycles. The minimum atomic E-state index is -4.40. The number of allylic oxidation sites excluding steroid dienone is 1. The van der Waals surface area contributed by atoms with Crippen LogP contribution in [0.15, 0.2) is 30.5 Å². The van der Waals surface area contributed by atoms with E-state index in [1.165, 1.54) is 19.2 Å². The Hall–Kier alpha value is -1.45. The van der Waals surface area contributed by atoms with Crippen LogP contribution in [-0.2, 0) is 11.2 Å². The molecular weight excluding hydrogens is 217 g/mol. The van der Waals surface area contributed by atoms with Gasteiger partial charge in [-0.05, 0) is 17.5 Å². The molecule has 0 atom stereocenters. The van der Waals surface area contributed by atoms with E-state index in [-0.39, 0.29) is 5.56 Å². The highest BCUT2D eigenvalue weighted by Gasteiger charge is 2.35. The van der Waals surface area contributed by atoms with E-state index in [2.05, 4.69) is 4.74 Å². The Labute approximate surface area is 92.5 Å². The summed E-state index contributed by atoms with van der Waals surface area (Å²) in [7, 11) is 1.20. The Balaban J connectivity index is 3.08. The third-order valence-corrected chi connectivity index (χ3v) is 2.21. The molecule has 1 aromatic rings. The molecule has 88 valence electrons. The van der Waals surface area contributed by atoms with Gasteiger partial charge >= 0.3 is 6.18 Å². The zero-order valence-corrected chi connectivity index (χ0v) is 9.14. The fourth-order valence-electron chi connectivity index (χ4n) is 1.34. The van der Waals surface area contributed by atoms with Crippen LogP contribution < -0.4 is 0 Å². The van der Waals surface area contributed by atoms with Gasteiger partial charge in [0.15, 0.2) is 0 Å². The fourth-order valence-corrected chi connectivity index (χ4v) is 1.34. The summed E-state index contributed by atoms with van der Waals surface area (Å²) in [5, 5.41) is 0. The van der Waals surface area contributed by atoms with Gasteiger partial charge in [-0.2, -0.15) is 13.2 Å². The normalized spacial score (nSPS) is 12.7. The van der Waals surface area contributed by atoms with E-state index < -0.39 is 11.7 Å². The standard InChI is InChI=1S/C12H13F3O/c1-3-9-4-6-10(7-5-9)11(8-16-2)12(13,14)15/h4-8H,3H2,1-2H3. The average Bonchev–Trinajstić information content (AvgIpc) is 2.25. The summed E-state index contributed by atoms with van der Waals surface area (Å²) in [6, 6.07) is 6.28. The maximum absolute atomic E-state index is 12.6. The van der Waals surface area contributed by atoms with E-state index in [1.54, 1.807) is 12.1 Å². The third-order valence-electron chi connectivity index (χ3n) is 2.21. The number of methoxy groups -OCH3 is 1. The van der Waals surface area contributed by atoms with Crippen LogP contribution >= 0.6 is 0 Å². The second-order valence-corrected chi connectivity index (χ2v) is 3.32. The number of ether oxygens (including phenoxy) is 1. The van der Waals surface area contributed by atoms with E-state index in [1.807, 2.05) is 6.92 Å². The molecule has 0 heterocycles. The first kappa shape index (κ1) is 12.6.